The highest BCUT2D eigenvalue weighted by atomic mass is 16.5. The summed E-state index contributed by atoms with van der Waals surface area (Å²) in [6.07, 6.45) is 8.29. The average Bonchev–Trinajstić information content (AvgIpc) is 2.97. The zero-order valence-electron chi connectivity index (χ0n) is 22.0. The lowest BCUT2D eigenvalue weighted by atomic mass is 10.0. The van der Waals surface area contributed by atoms with Crippen molar-refractivity contribution in [3.63, 3.8) is 0 Å². The second kappa shape index (κ2) is 15.8. The number of phenols is 1. The average molecular weight is 509 g/mol. The molecule has 0 saturated heterocycles. The Bertz CT molecular complexity index is 1220. The van der Waals surface area contributed by atoms with Crippen LogP contribution in [0.2, 0.25) is 0 Å². The maximum absolute atomic E-state index is 12.3. The van der Waals surface area contributed by atoms with Gasteiger partial charge in [-0.15, -0.1) is 0 Å². The van der Waals surface area contributed by atoms with Crippen LogP contribution in [0, 0.1) is 0 Å². The lowest BCUT2D eigenvalue weighted by Crippen LogP contribution is -2.10. The van der Waals surface area contributed by atoms with E-state index in [1.165, 1.54) is 38.2 Å². The Morgan fingerprint density at radius 2 is 1.16 bits per heavy atom. The molecular formula is C34H36O4. The Hall–Kier alpha value is -4.18. The van der Waals surface area contributed by atoms with Crippen molar-refractivity contribution >= 4 is 11.8 Å². The minimum absolute atomic E-state index is 0.0593. The molecule has 4 rings (SSSR count). The Balaban J connectivity index is 0.000000241. The molecule has 0 aliphatic carbocycles. The van der Waals surface area contributed by atoms with Crippen LogP contribution >= 0.6 is 0 Å². The van der Waals surface area contributed by atoms with Crippen molar-refractivity contribution in [2.45, 2.75) is 51.9 Å². The first-order valence-corrected chi connectivity index (χ1v) is 13.3. The molecule has 4 nitrogen and oxygen atoms in total. The van der Waals surface area contributed by atoms with Crippen LogP contribution in [0.1, 0.15) is 77.3 Å². The molecule has 0 saturated carbocycles. The summed E-state index contributed by atoms with van der Waals surface area (Å²) in [5.41, 5.74) is 2.70. The highest BCUT2D eigenvalue weighted by molar-refractivity contribution is 6.08. The molecule has 0 aliphatic rings. The van der Waals surface area contributed by atoms with Gasteiger partial charge in [-0.1, -0.05) is 130 Å². The zero-order chi connectivity index (χ0) is 27.0. The third kappa shape index (κ3) is 9.04. The Morgan fingerprint density at radius 3 is 1.79 bits per heavy atom. The van der Waals surface area contributed by atoms with E-state index in [1.54, 1.807) is 18.2 Å². The van der Waals surface area contributed by atoms with Crippen molar-refractivity contribution in [2.24, 2.45) is 0 Å². The van der Waals surface area contributed by atoms with Crippen LogP contribution in [0.25, 0.3) is 0 Å². The first-order chi connectivity index (χ1) is 18.6. The van der Waals surface area contributed by atoms with Crippen molar-refractivity contribution in [3.05, 3.63) is 131 Å². The quantitative estimate of drug-likeness (QED) is 0.0955. The van der Waals surface area contributed by atoms with E-state index in [2.05, 4.69) is 6.92 Å². The van der Waals surface area contributed by atoms with Crippen LogP contribution in [0.5, 0.6) is 11.5 Å². The molecule has 0 bridgehead atoms. The Labute approximate surface area is 225 Å². The number of carbonyl (C=O) groups is 2. The normalized spacial score (nSPS) is 10.2. The fraction of sp³-hybridized carbons (Fsp3) is 0.235. The number of aryl methyl sites for hydroxylation is 1. The molecule has 0 unspecified atom stereocenters. The molecule has 38 heavy (non-hydrogen) atoms. The molecule has 0 atom stereocenters. The van der Waals surface area contributed by atoms with E-state index in [9.17, 15) is 14.7 Å². The number of ether oxygens (including phenoxy) is 1. The van der Waals surface area contributed by atoms with E-state index in [1.807, 2.05) is 84.9 Å². The predicted octanol–water partition coefficient (Wildman–Crippen LogP) is 8.43. The van der Waals surface area contributed by atoms with Gasteiger partial charge in [0.15, 0.2) is 5.78 Å². The largest absolute Gasteiger partial charge is 0.507 e. The van der Waals surface area contributed by atoms with Gasteiger partial charge in [-0.25, -0.2) is 4.79 Å². The summed E-state index contributed by atoms with van der Waals surface area (Å²) >= 11 is 0. The predicted molar refractivity (Wildman–Crippen MR) is 153 cm³/mol. The van der Waals surface area contributed by atoms with E-state index in [4.69, 9.17) is 4.74 Å². The minimum Gasteiger partial charge on any atom is -0.507 e. The summed E-state index contributed by atoms with van der Waals surface area (Å²) < 4.78 is 5.51. The van der Waals surface area contributed by atoms with E-state index in [-0.39, 0.29) is 17.1 Å². The number of phenolic OH excluding ortho intramolecular Hbond substituents is 1. The summed E-state index contributed by atoms with van der Waals surface area (Å²) in [6.45, 7) is 2.22. The smallest absolute Gasteiger partial charge is 0.347 e. The number of carbonyl (C=O) groups excluding carboxylic acids is 2. The monoisotopic (exact) mass is 508 g/mol. The molecule has 0 fully saturated rings. The number of esters is 1. The van der Waals surface area contributed by atoms with Gasteiger partial charge in [0.25, 0.3) is 0 Å². The van der Waals surface area contributed by atoms with Gasteiger partial charge in [-0.2, -0.15) is 0 Å². The lowest BCUT2D eigenvalue weighted by molar-refractivity contribution is 0.0729. The highest BCUT2D eigenvalue weighted by Gasteiger charge is 2.14. The molecule has 4 aromatic carbocycles. The van der Waals surface area contributed by atoms with E-state index in [0.29, 0.717) is 5.75 Å². The van der Waals surface area contributed by atoms with Gasteiger partial charge in [0, 0.05) is 11.1 Å². The minimum atomic E-state index is -0.525. The van der Waals surface area contributed by atoms with Crippen molar-refractivity contribution in [3.8, 4) is 11.5 Å². The molecule has 196 valence electrons. The maximum Gasteiger partial charge on any atom is 0.347 e. The van der Waals surface area contributed by atoms with Crippen LogP contribution < -0.4 is 4.74 Å². The molecule has 0 radical (unpaired) electrons. The van der Waals surface area contributed by atoms with Gasteiger partial charge < -0.3 is 9.84 Å². The number of benzene rings is 4. The molecule has 4 heteroatoms. The fourth-order valence-electron chi connectivity index (χ4n) is 4.05. The summed E-state index contributed by atoms with van der Waals surface area (Å²) in [5.74, 6) is 0.0740. The fourth-order valence-corrected chi connectivity index (χ4v) is 4.05. The van der Waals surface area contributed by atoms with Gasteiger partial charge in [0.2, 0.25) is 0 Å². The van der Waals surface area contributed by atoms with Crippen LogP contribution in [-0.2, 0) is 6.42 Å². The number of hydrogen-bond acceptors (Lipinski definition) is 4. The van der Waals surface area contributed by atoms with Crippen LogP contribution in [0.15, 0.2) is 109 Å². The van der Waals surface area contributed by atoms with E-state index in [0.717, 1.165) is 29.5 Å². The standard InChI is InChI=1S/C21H26O3.C13H10O/c1-2-3-4-5-6-7-12-17-13-8-11-16-20(17)24-21(23)18-14-9-10-15-19(18)22;14-13(11-7-3-1-4-8-11)12-9-5-2-6-10-12/h8-11,13-16,22H,2-7,12H2,1H3;1-10H. The second-order valence-electron chi connectivity index (χ2n) is 9.09. The van der Waals surface area contributed by atoms with Gasteiger partial charge in [0.05, 0.1) is 0 Å². The molecule has 0 aliphatic heterocycles. The number of hydrogen-bond donors (Lipinski definition) is 1. The van der Waals surface area contributed by atoms with Gasteiger partial charge in [-0.05, 0) is 36.6 Å². The van der Waals surface area contributed by atoms with E-state index < -0.39 is 5.97 Å². The zero-order valence-corrected chi connectivity index (χ0v) is 22.0. The number of rotatable bonds is 11. The van der Waals surface area contributed by atoms with Crippen LogP contribution in [0.3, 0.4) is 0 Å². The molecule has 0 amide bonds. The van der Waals surface area contributed by atoms with Crippen molar-refractivity contribution in [1.82, 2.24) is 0 Å². The molecule has 0 aromatic heterocycles. The van der Waals surface area contributed by atoms with Crippen molar-refractivity contribution in [1.29, 1.82) is 0 Å². The van der Waals surface area contributed by atoms with Crippen LogP contribution in [0.4, 0.5) is 0 Å². The van der Waals surface area contributed by atoms with E-state index >= 15 is 0 Å². The van der Waals surface area contributed by atoms with Crippen molar-refractivity contribution < 1.29 is 19.4 Å². The first kappa shape index (κ1) is 28.4. The first-order valence-electron chi connectivity index (χ1n) is 13.3. The Morgan fingerprint density at radius 1 is 0.632 bits per heavy atom. The summed E-state index contributed by atoms with van der Waals surface area (Å²) in [4.78, 5) is 24.1. The Kier molecular flexibility index (Phi) is 11.8. The number of para-hydroxylation sites is 2. The molecule has 0 heterocycles. The molecule has 4 aromatic rings. The van der Waals surface area contributed by atoms with Crippen LogP contribution in [-0.4, -0.2) is 16.9 Å². The summed E-state index contributed by atoms with van der Waals surface area (Å²) in [5, 5.41) is 9.77. The summed E-state index contributed by atoms with van der Waals surface area (Å²) in [7, 11) is 0. The SMILES string of the molecule is CCCCCCCCc1ccccc1OC(=O)c1ccccc1O.O=C(c1ccccc1)c1ccccc1. The van der Waals surface area contributed by atoms with Gasteiger partial charge in [0.1, 0.15) is 17.1 Å². The third-order valence-corrected chi connectivity index (χ3v) is 6.17. The third-order valence-electron chi connectivity index (χ3n) is 6.17. The topological polar surface area (TPSA) is 63.6 Å². The molecular weight excluding hydrogens is 472 g/mol. The lowest BCUT2D eigenvalue weighted by Gasteiger charge is -2.10. The number of unbranched alkanes of at least 4 members (excludes halogenated alkanes) is 5. The van der Waals surface area contributed by atoms with Gasteiger partial charge >= 0.3 is 5.97 Å². The number of ketones is 1. The number of aromatic hydroxyl groups is 1. The molecule has 0 spiro atoms. The summed E-state index contributed by atoms with van der Waals surface area (Å²) in [6, 6.07) is 32.7. The maximum atomic E-state index is 12.3. The van der Waals surface area contributed by atoms with Gasteiger partial charge in [-0.3, -0.25) is 4.79 Å². The van der Waals surface area contributed by atoms with Crippen molar-refractivity contribution in [2.75, 3.05) is 0 Å². The highest BCUT2D eigenvalue weighted by Crippen LogP contribution is 2.24. The molecule has 1 N–H and O–H groups in total. The second-order valence-corrected chi connectivity index (χ2v) is 9.09.